The van der Waals surface area contributed by atoms with Crippen molar-refractivity contribution in [3.63, 3.8) is 0 Å². The zero-order valence-corrected chi connectivity index (χ0v) is 26.1. The molecule has 4 aromatic rings. The van der Waals surface area contributed by atoms with Crippen LogP contribution in [0.1, 0.15) is 72.7 Å². The molecule has 1 amide bonds. The average molecular weight is 612 g/mol. The maximum absolute atomic E-state index is 13.4. The van der Waals surface area contributed by atoms with Gasteiger partial charge in [-0.3, -0.25) is 9.69 Å². The number of primary sulfonamides is 1. The number of rotatable bonds is 7. The lowest BCUT2D eigenvalue weighted by atomic mass is 9.70. The molecule has 3 aromatic carbocycles. The topological polar surface area (TPSA) is 102 Å². The Morgan fingerprint density at radius 1 is 0.886 bits per heavy atom. The standard InChI is InChI=1S/C35H41N5O3S/c1-25-37-32-9-5-6-10-33(32)40(25)30-23-28-13-14-29(24-30)39(28)22-19-35(27-7-3-2-4-8-27)17-20-38(21-18-35)34(41)26-11-15-31(16-12-26)44(36,42)43/h2-12,15-16,28-30H,13-14,17-24H2,1H3,(H2,36,42,43)/t28-,29+,30+. The third kappa shape index (κ3) is 5.35. The van der Waals surface area contributed by atoms with Gasteiger partial charge in [-0.05, 0) is 106 Å². The third-order valence-electron chi connectivity index (χ3n) is 10.7. The molecule has 8 nitrogen and oxygen atoms in total. The van der Waals surface area contributed by atoms with Crippen LogP contribution in [0.3, 0.4) is 0 Å². The summed E-state index contributed by atoms with van der Waals surface area (Å²) in [5.41, 5.74) is 4.22. The van der Waals surface area contributed by atoms with Crippen molar-refractivity contribution in [2.75, 3.05) is 19.6 Å². The van der Waals surface area contributed by atoms with Crippen LogP contribution in [0.5, 0.6) is 0 Å². The summed E-state index contributed by atoms with van der Waals surface area (Å²) >= 11 is 0. The minimum atomic E-state index is -3.79. The zero-order valence-electron chi connectivity index (χ0n) is 25.3. The molecular weight excluding hydrogens is 570 g/mol. The predicted molar refractivity (Wildman–Crippen MR) is 172 cm³/mol. The van der Waals surface area contributed by atoms with E-state index in [0.29, 0.717) is 36.8 Å². The van der Waals surface area contributed by atoms with E-state index in [1.165, 1.54) is 48.9 Å². The van der Waals surface area contributed by atoms with E-state index in [1.807, 2.05) is 4.90 Å². The van der Waals surface area contributed by atoms with Crippen LogP contribution in [0.4, 0.5) is 0 Å². The molecule has 0 spiro atoms. The molecule has 9 heteroatoms. The van der Waals surface area contributed by atoms with Gasteiger partial charge in [-0.15, -0.1) is 0 Å². The second-order valence-corrected chi connectivity index (χ2v) is 14.6. The highest BCUT2D eigenvalue weighted by molar-refractivity contribution is 7.89. The maximum atomic E-state index is 13.4. The number of fused-ring (bicyclic) bond motifs is 3. The van der Waals surface area contributed by atoms with Gasteiger partial charge in [0, 0.05) is 36.8 Å². The molecule has 2 N–H and O–H groups in total. The van der Waals surface area contributed by atoms with Crippen molar-refractivity contribution in [1.29, 1.82) is 0 Å². The number of amides is 1. The summed E-state index contributed by atoms with van der Waals surface area (Å²) in [6.07, 6.45) is 7.75. The summed E-state index contributed by atoms with van der Waals surface area (Å²) in [5, 5.41) is 5.24. The highest BCUT2D eigenvalue weighted by atomic mass is 32.2. The lowest BCUT2D eigenvalue weighted by molar-refractivity contribution is 0.0607. The van der Waals surface area contributed by atoms with E-state index < -0.39 is 10.0 Å². The molecule has 44 heavy (non-hydrogen) atoms. The summed E-state index contributed by atoms with van der Waals surface area (Å²) < 4.78 is 25.8. The lowest BCUT2D eigenvalue weighted by Gasteiger charge is -2.45. The molecule has 0 radical (unpaired) electrons. The number of nitrogens with two attached hydrogens (primary N) is 1. The molecule has 3 fully saturated rings. The van der Waals surface area contributed by atoms with Crippen molar-refractivity contribution in [2.45, 2.75) is 80.3 Å². The second-order valence-electron chi connectivity index (χ2n) is 13.0. The first-order chi connectivity index (χ1) is 21.2. The number of aromatic nitrogens is 2. The van der Waals surface area contributed by atoms with E-state index in [4.69, 9.17) is 10.1 Å². The summed E-state index contributed by atoms with van der Waals surface area (Å²) in [7, 11) is -3.79. The first-order valence-electron chi connectivity index (χ1n) is 15.9. The van der Waals surface area contributed by atoms with Crippen LogP contribution in [0.2, 0.25) is 0 Å². The fourth-order valence-corrected chi connectivity index (χ4v) is 8.89. The number of hydrogen-bond acceptors (Lipinski definition) is 5. The number of nitrogens with zero attached hydrogens (tertiary/aromatic N) is 4. The van der Waals surface area contributed by atoms with Gasteiger partial charge < -0.3 is 9.47 Å². The molecule has 0 aliphatic carbocycles. The number of para-hydroxylation sites is 2. The van der Waals surface area contributed by atoms with Crippen molar-refractivity contribution in [2.24, 2.45) is 5.14 Å². The largest absolute Gasteiger partial charge is 0.339 e. The quantitative estimate of drug-likeness (QED) is 0.301. The average Bonchev–Trinajstić information content (AvgIpc) is 3.50. The molecule has 4 heterocycles. The molecule has 3 atom stereocenters. The van der Waals surface area contributed by atoms with Gasteiger partial charge in [0.2, 0.25) is 10.0 Å². The van der Waals surface area contributed by atoms with Gasteiger partial charge in [0.25, 0.3) is 5.91 Å². The number of carbonyl (C=O) groups is 1. The minimum absolute atomic E-state index is 0.0160. The van der Waals surface area contributed by atoms with Crippen LogP contribution in [0.25, 0.3) is 11.0 Å². The number of hydrogen-bond donors (Lipinski definition) is 1. The number of aryl methyl sites for hydroxylation is 1. The fourth-order valence-electron chi connectivity index (χ4n) is 8.37. The molecule has 3 saturated heterocycles. The maximum Gasteiger partial charge on any atom is 0.253 e. The Bertz CT molecular complexity index is 1750. The van der Waals surface area contributed by atoms with Gasteiger partial charge in [-0.25, -0.2) is 18.5 Å². The normalized spacial score (nSPS) is 23.7. The molecule has 1 aromatic heterocycles. The Morgan fingerprint density at radius 2 is 1.52 bits per heavy atom. The van der Waals surface area contributed by atoms with Crippen molar-refractivity contribution < 1.29 is 13.2 Å². The number of sulfonamides is 1. The van der Waals surface area contributed by atoms with Crippen molar-refractivity contribution in [3.05, 3.63) is 95.8 Å². The second kappa shape index (κ2) is 11.4. The predicted octanol–water partition coefficient (Wildman–Crippen LogP) is 5.42. The van der Waals surface area contributed by atoms with Crippen LogP contribution >= 0.6 is 0 Å². The molecule has 3 aliphatic heterocycles. The van der Waals surface area contributed by atoms with Gasteiger partial charge in [0.15, 0.2) is 0 Å². The van der Waals surface area contributed by atoms with Crippen molar-refractivity contribution >= 4 is 27.0 Å². The van der Waals surface area contributed by atoms with Gasteiger partial charge in [-0.2, -0.15) is 0 Å². The Hall–Kier alpha value is -3.53. The Balaban J connectivity index is 1.05. The number of benzene rings is 3. The summed E-state index contributed by atoms with van der Waals surface area (Å²) in [6, 6.07) is 27.0. The van der Waals surface area contributed by atoms with Gasteiger partial charge >= 0.3 is 0 Å². The number of carbonyl (C=O) groups excluding carboxylic acids is 1. The Morgan fingerprint density at radius 3 is 2.18 bits per heavy atom. The van der Waals surface area contributed by atoms with Crippen LogP contribution in [-0.2, 0) is 15.4 Å². The van der Waals surface area contributed by atoms with Crippen LogP contribution in [0, 0.1) is 6.92 Å². The number of piperidine rings is 2. The minimum Gasteiger partial charge on any atom is -0.339 e. The highest BCUT2D eigenvalue weighted by Gasteiger charge is 2.44. The van der Waals surface area contributed by atoms with Gasteiger partial charge in [0.05, 0.1) is 15.9 Å². The number of likely N-dealkylation sites (tertiary alicyclic amines) is 1. The van der Waals surface area contributed by atoms with E-state index >= 15 is 0 Å². The molecular formula is C35H41N5O3S. The van der Waals surface area contributed by atoms with E-state index in [0.717, 1.165) is 37.1 Å². The SMILES string of the molecule is Cc1nc2ccccc2n1[C@H]1C[C@H]2CC[C@@H](C1)N2CCC1(c2ccccc2)CCN(C(=O)c2ccc(S(N)(=O)=O)cc2)CC1. The van der Waals surface area contributed by atoms with Gasteiger partial charge in [-0.1, -0.05) is 42.5 Å². The fraction of sp³-hybridized carbons (Fsp3) is 0.429. The molecule has 3 aliphatic rings. The molecule has 7 rings (SSSR count). The van der Waals surface area contributed by atoms with Crippen molar-refractivity contribution in [3.8, 4) is 0 Å². The van der Waals surface area contributed by atoms with Crippen LogP contribution < -0.4 is 5.14 Å². The zero-order chi connectivity index (χ0) is 30.5. The van der Waals surface area contributed by atoms with E-state index in [9.17, 15) is 13.2 Å². The molecule has 0 saturated carbocycles. The first-order valence-corrected chi connectivity index (χ1v) is 17.4. The molecule has 2 bridgehead atoms. The summed E-state index contributed by atoms with van der Waals surface area (Å²) in [6.45, 7) is 4.57. The summed E-state index contributed by atoms with van der Waals surface area (Å²) in [5.74, 6) is 1.06. The van der Waals surface area contributed by atoms with Crippen molar-refractivity contribution in [1.82, 2.24) is 19.4 Å². The highest BCUT2D eigenvalue weighted by Crippen LogP contribution is 2.45. The lowest BCUT2D eigenvalue weighted by Crippen LogP contribution is -2.49. The van der Waals surface area contributed by atoms with E-state index in [1.54, 1.807) is 12.1 Å². The first kappa shape index (κ1) is 29.2. The number of imidazole rings is 1. The Kier molecular flexibility index (Phi) is 7.59. The summed E-state index contributed by atoms with van der Waals surface area (Å²) in [4.78, 5) is 23.0. The Labute approximate surface area is 259 Å². The van der Waals surface area contributed by atoms with E-state index in [2.05, 4.69) is 71.0 Å². The molecule has 230 valence electrons. The van der Waals surface area contributed by atoms with Gasteiger partial charge in [0.1, 0.15) is 5.82 Å². The monoisotopic (exact) mass is 611 g/mol. The molecule has 0 unspecified atom stereocenters. The van der Waals surface area contributed by atoms with E-state index in [-0.39, 0.29) is 16.2 Å². The van der Waals surface area contributed by atoms with Crippen LogP contribution in [-0.4, -0.2) is 65.4 Å². The third-order valence-corrected chi connectivity index (χ3v) is 11.6. The smallest absolute Gasteiger partial charge is 0.253 e. The van der Waals surface area contributed by atoms with Crippen LogP contribution in [0.15, 0.2) is 83.8 Å².